The van der Waals surface area contributed by atoms with E-state index in [9.17, 15) is 0 Å². The van der Waals surface area contributed by atoms with Crippen LogP contribution in [0.15, 0.2) is 48.5 Å². The molecule has 2 aliphatic rings. The molecule has 0 amide bonds. The molecule has 0 bridgehead atoms. The van der Waals surface area contributed by atoms with Crippen LogP contribution in [0.2, 0.25) is 0 Å². The molecule has 2 aromatic rings. The molecule has 0 radical (unpaired) electrons. The number of hydrogen-bond donors (Lipinski definition) is 0. The predicted molar refractivity (Wildman–Crippen MR) is 114 cm³/mol. The Morgan fingerprint density at radius 3 is 2.70 bits per heavy atom. The minimum Gasteiger partial charge on any atom is -0.484 e. The van der Waals surface area contributed by atoms with Gasteiger partial charge < -0.3 is 9.47 Å². The van der Waals surface area contributed by atoms with Gasteiger partial charge >= 0.3 is 0 Å². The number of hydrogen-bond acceptors (Lipinski definition) is 3. The number of nitrogens with zero attached hydrogens (tertiary/aromatic N) is 1. The molecule has 0 aromatic heterocycles. The van der Waals surface area contributed by atoms with Crippen molar-refractivity contribution in [1.29, 1.82) is 0 Å². The molecule has 1 fully saturated rings. The summed E-state index contributed by atoms with van der Waals surface area (Å²) in [7, 11) is 4.77. The molecule has 4 rings (SSSR count). The summed E-state index contributed by atoms with van der Waals surface area (Å²) in [5, 5.41) is 0. The molecule has 144 valence electrons. The summed E-state index contributed by atoms with van der Waals surface area (Å²) in [5.74, 6) is 0.960. The molecular weight excluding hydrogens is 353 g/mol. The van der Waals surface area contributed by atoms with Crippen molar-refractivity contribution in [3.63, 3.8) is 0 Å². The van der Waals surface area contributed by atoms with Gasteiger partial charge in [0.2, 0.25) is 0 Å². The Kier molecular flexibility index (Phi) is 6.12. The Bertz CT molecular complexity index is 748. The van der Waals surface area contributed by atoms with Gasteiger partial charge in [0.15, 0.2) is 0 Å². The van der Waals surface area contributed by atoms with Crippen LogP contribution in [-0.2, 0) is 17.6 Å². The Morgan fingerprint density at radius 1 is 1.11 bits per heavy atom. The average Bonchev–Trinajstić information content (AvgIpc) is 3.06. The zero-order valence-corrected chi connectivity index (χ0v) is 17.3. The van der Waals surface area contributed by atoms with E-state index >= 15 is 0 Å². The highest BCUT2D eigenvalue weighted by Gasteiger charge is 2.39. The summed E-state index contributed by atoms with van der Waals surface area (Å²) < 4.78 is 11.8. The van der Waals surface area contributed by atoms with Gasteiger partial charge in [-0.15, -0.1) is 9.24 Å². The Labute approximate surface area is 165 Å². The molecule has 4 atom stereocenters. The molecule has 2 aromatic carbocycles. The van der Waals surface area contributed by atoms with Crippen LogP contribution < -0.4 is 4.74 Å². The van der Waals surface area contributed by atoms with Crippen molar-refractivity contribution in [2.75, 3.05) is 26.8 Å². The number of rotatable bonds is 6. The van der Waals surface area contributed by atoms with Crippen molar-refractivity contribution in [2.45, 2.75) is 43.5 Å². The number of fused-ring (bicyclic) bond motifs is 1. The summed E-state index contributed by atoms with van der Waals surface area (Å²) in [6, 6.07) is 17.8. The quantitative estimate of drug-likeness (QED) is 0.696. The van der Waals surface area contributed by atoms with E-state index in [0.29, 0.717) is 11.7 Å². The lowest BCUT2D eigenvalue weighted by molar-refractivity contribution is 0.0664. The molecule has 1 aliphatic heterocycles. The van der Waals surface area contributed by atoms with E-state index in [1.165, 1.54) is 36.1 Å². The number of ether oxygens (including phenoxy) is 2. The van der Waals surface area contributed by atoms with E-state index in [0.717, 1.165) is 31.7 Å². The van der Waals surface area contributed by atoms with Crippen LogP contribution >= 0.6 is 9.24 Å². The SMILES string of the molecule is COCCc1ccc(OC2c3ccccc3CC2N2CCCC(P)C2)cc1. The Balaban J connectivity index is 1.53. The second kappa shape index (κ2) is 8.73. The first-order chi connectivity index (χ1) is 13.2. The molecular formula is C23H30NO2P. The zero-order valence-electron chi connectivity index (χ0n) is 16.1. The smallest absolute Gasteiger partial charge is 0.140 e. The van der Waals surface area contributed by atoms with Crippen molar-refractivity contribution >= 4 is 9.24 Å². The normalized spacial score (nSPS) is 25.3. The van der Waals surface area contributed by atoms with Crippen molar-refractivity contribution in [1.82, 2.24) is 4.90 Å². The topological polar surface area (TPSA) is 21.7 Å². The van der Waals surface area contributed by atoms with E-state index in [-0.39, 0.29) is 6.10 Å². The van der Waals surface area contributed by atoms with E-state index in [1.807, 2.05) is 0 Å². The van der Waals surface area contributed by atoms with Crippen LogP contribution in [0.25, 0.3) is 0 Å². The molecule has 1 saturated heterocycles. The molecule has 1 heterocycles. The molecule has 1 aliphatic carbocycles. The van der Waals surface area contributed by atoms with Crippen LogP contribution in [0.1, 0.15) is 35.6 Å². The first kappa shape index (κ1) is 18.9. The highest BCUT2D eigenvalue weighted by Crippen LogP contribution is 2.39. The fourth-order valence-electron chi connectivity index (χ4n) is 4.44. The van der Waals surface area contributed by atoms with Gasteiger partial charge in [-0.2, -0.15) is 0 Å². The lowest BCUT2D eigenvalue weighted by Crippen LogP contribution is -2.46. The second-order valence-electron chi connectivity index (χ2n) is 7.79. The fraction of sp³-hybridized carbons (Fsp3) is 0.478. The lowest BCUT2D eigenvalue weighted by Gasteiger charge is -2.38. The van der Waals surface area contributed by atoms with Gasteiger partial charge in [-0.3, -0.25) is 4.90 Å². The van der Waals surface area contributed by atoms with E-state index in [1.54, 1.807) is 7.11 Å². The molecule has 0 spiro atoms. The third-order valence-corrected chi connectivity index (χ3v) is 6.42. The standard InChI is InChI=1S/C23H30NO2P/c1-25-14-12-17-8-10-19(11-9-17)26-23-21-7-3-2-5-18(21)15-22(23)24-13-4-6-20(27)16-24/h2-3,5,7-11,20,22-23H,4,6,12-16,27H2,1H3. The van der Waals surface area contributed by atoms with Crippen LogP contribution in [0.3, 0.4) is 0 Å². The third-order valence-electron chi connectivity index (χ3n) is 5.88. The highest BCUT2D eigenvalue weighted by atomic mass is 31.0. The van der Waals surface area contributed by atoms with Crippen molar-refractivity contribution in [3.05, 3.63) is 65.2 Å². The predicted octanol–water partition coefficient (Wildman–Crippen LogP) is 4.26. The molecule has 0 N–H and O–H groups in total. The highest BCUT2D eigenvalue weighted by molar-refractivity contribution is 7.17. The molecule has 4 heteroatoms. The van der Waals surface area contributed by atoms with E-state index in [2.05, 4.69) is 62.7 Å². The van der Waals surface area contributed by atoms with Gasteiger partial charge in [0.25, 0.3) is 0 Å². The summed E-state index contributed by atoms with van der Waals surface area (Å²) in [6.07, 6.45) is 4.73. The number of likely N-dealkylation sites (tertiary alicyclic amines) is 1. The van der Waals surface area contributed by atoms with Crippen LogP contribution in [0.4, 0.5) is 0 Å². The second-order valence-corrected chi connectivity index (χ2v) is 8.74. The Morgan fingerprint density at radius 2 is 1.93 bits per heavy atom. The molecule has 4 unspecified atom stereocenters. The van der Waals surface area contributed by atoms with Crippen LogP contribution in [-0.4, -0.2) is 43.4 Å². The summed E-state index contributed by atoms with van der Waals surface area (Å²) >= 11 is 0. The maximum absolute atomic E-state index is 6.58. The Hall–Kier alpha value is -1.41. The summed E-state index contributed by atoms with van der Waals surface area (Å²) in [4.78, 5) is 2.65. The van der Waals surface area contributed by atoms with Gasteiger partial charge in [-0.1, -0.05) is 36.4 Å². The number of piperidine rings is 1. The number of methoxy groups -OCH3 is 1. The largest absolute Gasteiger partial charge is 0.484 e. The number of benzene rings is 2. The molecule has 0 saturated carbocycles. The first-order valence-electron chi connectivity index (χ1n) is 10.1. The monoisotopic (exact) mass is 383 g/mol. The van der Waals surface area contributed by atoms with Gasteiger partial charge in [0, 0.05) is 13.7 Å². The van der Waals surface area contributed by atoms with E-state index in [4.69, 9.17) is 9.47 Å². The van der Waals surface area contributed by atoms with Gasteiger partial charge in [0.1, 0.15) is 11.9 Å². The fourth-order valence-corrected chi connectivity index (χ4v) is 4.95. The van der Waals surface area contributed by atoms with Crippen LogP contribution in [0, 0.1) is 0 Å². The van der Waals surface area contributed by atoms with E-state index < -0.39 is 0 Å². The van der Waals surface area contributed by atoms with Crippen molar-refractivity contribution < 1.29 is 9.47 Å². The summed E-state index contributed by atoms with van der Waals surface area (Å²) in [5.41, 5.74) is 4.78. The van der Waals surface area contributed by atoms with Crippen molar-refractivity contribution in [2.24, 2.45) is 0 Å². The minimum atomic E-state index is 0.112. The average molecular weight is 383 g/mol. The molecule has 3 nitrogen and oxygen atoms in total. The summed E-state index contributed by atoms with van der Waals surface area (Å²) in [6.45, 7) is 3.09. The maximum atomic E-state index is 6.58. The minimum absolute atomic E-state index is 0.112. The van der Waals surface area contributed by atoms with Gasteiger partial charge in [-0.25, -0.2) is 0 Å². The molecule has 27 heavy (non-hydrogen) atoms. The van der Waals surface area contributed by atoms with Gasteiger partial charge in [-0.05, 0) is 66.7 Å². The maximum Gasteiger partial charge on any atom is 0.140 e. The third kappa shape index (κ3) is 4.37. The lowest BCUT2D eigenvalue weighted by atomic mass is 10.0. The van der Waals surface area contributed by atoms with Gasteiger partial charge in [0.05, 0.1) is 12.6 Å². The first-order valence-corrected chi connectivity index (χ1v) is 10.7. The van der Waals surface area contributed by atoms with Crippen molar-refractivity contribution in [3.8, 4) is 5.75 Å². The zero-order chi connectivity index (χ0) is 18.6. The van der Waals surface area contributed by atoms with Crippen LogP contribution in [0.5, 0.6) is 5.75 Å².